The van der Waals surface area contributed by atoms with Crippen molar-refractivity contribution in [1.82, 2.24) is 4.90 Å². The lowest BCUT2D eigenvalue weighted by atomic mass is 10.1. The number of alkyl halides is 4. The van der Waals surface area contributed by atoms with Gasteiger partial charge in [-0.1, -0.05) is 0 Å². The lowest BCUT2D eigenvalue weighted by Gasteiger charge is -2.27. The molecule has 0 radical (unpaired) electrons. The van der Waals surface area contributed by atoms with Crippen LogP contribution in [0.5, 0.6) is 0 Å². The molecule has 1 heterocycles. The summed E-state index contributed by atoms with van der Waals surface area (Å²) in [7, 11) is 1.12. The fourth-order valence-electron chi connectivity index (χ4n) is 1.40. The molecule has 1 saturated heterocycles. The Labute approximate surface area is 72.5 Å². The van der Waals surface area contributed by atoms with Crippen molar-refractivity contribution in [2.45, 2.75) is 31.2 Å². The van der Waals surface area contributed by atoms with E-state index in [1.807, 2.05) is 0 Å². The van der Waals surface area contributed by atoms with Crippen LogP contribution in [0, 0.1) is 0 Å². The Bertz CT molecular complexity index is 219. The Hall–Kier alpha value is -0.810. The zero-order chi connectivity index (χ0) is 10.2. The molecule has 1 amide bonds. The Kier molecular flexibility index (Phi) is 2.49. The maximum atomic E-state index is 12.7. The topological polar surface area (TPSA) is 20.3 Å². The van der Waals surface area contributed by atoms with Crippen molar-refractivity contribution in [3.05, 3.63) is 0 Å². The zero-order valence-corrected chi connectivity index (χ0v) is 6.94. The number of hydrogen-bond acceptors (Lipinski definition) is 1. The second kappa shape index (κ2) is 3.16. The minimum Gasteiger partial charge on any atom is -0.336 e. The van der Waals surface area contributed by atoms with E-state index in [0.29, 0.717) is 4.90 Å². The van der Waals surface area contributed by atoms with Gasteiger partial charge in [0.05, 0.1) is 0 Å². The molecule has 0 N–H and O–H groups in total. The maximum absolute atomic E-state index is 12.7. The molecule has 1 atom stereocenters. The van der Waals surface area contributed by atoms with E-state index in [9.17, 15) is 22.4 Å². The molecule has 1 rings (SSSR count). The molecule has 13 heavy (non-hydrogen) atoms. The summed E-state index contributed by atoms with van der Waals surface area (Å²) in [6, 6.07) is -1.65. The highest BCUT2D eigenvalue weighted by molar-refractivity contribution is 5.78. The fraction of sp³-hybridized carbons (Fsp3) is 0.857. The van der Waals surface area contributed by atoms with Crippen LogP contribution >= 0.6 is 0 Å². The lowest BCUT2D eigenvalue weighted by Crippen LogP contribution is -2.47. The van der Waals surface area contributed by atoms with Gasteiger partial charge < -0.3 is 4.90 Å². The number of amides is 1. The Balaban J connectivity index is 2.78. The van der Waals surface area contributed by atoms with E-state index in [1.54, 1.807) is 0 Å². The highest BCUT2D eigenvalue weighted by Gasteiger charge is 2.53. The number of carbonyl (C=O) groups is 1. The van der Waals surface area contributed by atoms with Crippen molar-refractivity contribution >= 4 is 5.91 Å². The van der Waals surface area contributed by atoms with Crippen LogP contribution in [0.15, 0.2) is 0 Å². The summed E-state index contributed by atoms with van der Waals surface area (Å²) < 4.78 is 49.2. The normalized spacial score (nSPS) is 24.6. The first-order valence-corrected chi connectivity index (χ1v) is 3.79. The number of likely N-dealkylation sites (tertiary alicyclic amines) is 1. The van der Waals surface area contributed by atoms with Crippen LogP contribution in [0.2, 0.25) is 0 Å². The second-order valence-electron chi connectivity index (χ2n) is 3.03. The first-order chi connectivity index (χ1) is 5.87. The number of nitrogens with zero attached hydrogens (tertiary/aromatic N) is 1. The van der Waals surface area contributed by atoms with E-state index >= 15 is 0 Å². The molecular formula is C7H9F4NO. The van der Waals surface area contributed by atoms with Crippen molar-refractivity contribution < 1.29 is 22.4 Å². The minimum atomic E-state index is -4.10. The van der Waals surface area contributed by atoms with Crippen LogP contribution < -0.4 is 0 Å². The van der Waals surface area contributed by atoms with Crippen molar-refractivity contribution in [3.63, 3.8) is 0 Å². The quantitative estimate of drug-likeness (QED) is 0.617. The van der Waals surface area contributed by atoms with Gasteiger partial charge in [-0.15, -0.1) is 0 Å². The molecule has 6 heteroatoms. The summed E-state index contributed by atoms with van der Waals surface area (Å²) in [6.07, 6.45) is -4.00. The number of carbonyl (C=O) groups excluding carboxylic acids is 1. The van der Waals surface area contributed by atoms with Crippen LogP contribution in [0.25, 0.3) is 0 Å². The number of rotatable bonds is 2. The van der Waals surface area contributed by atoms with Crippen LogP contribution in [0.1, 0.15) is 12.8 Å². The second-order valence-corrected chi connectivity index (χ2v) is 3.03. The molecule has 1 unspecified atom stereocenters. The molecule has 0 aromatic heterocycles. The molecule has 0 saturated carbocycles. The van der Waals surface area contributed by atoms with E-state index in [1.165, 1.54) is 0 Å². The molecule has 76 valence electrons. The third-order valence-electron chi connectivity index (χ3n) is 2.23. The summed E-state index contributed by atoms with van der Waals surface area (Å²) in [5.74, 6) is -4.61. The molecule has 0 aliphatic carbocycles. The highest BCUT2D eigenvalue weighted by Crippen LogP contribution is 2.35. The van der Waals surface area contributed by atoms with Gasteiger partial charge in [0.25, 0.3) is 0 Å². The lowest BCUT2D eigenvalue weighted by molar-refractivity contribution is -0.169. The first-order valence-electron chi connectivity index (χ1n) is 3.79. The SMILES string of the molecule is CN1C(=O)CCC1C(F)(F)C(F)F. The summed E-state index contributed by atoms with van der Waals surface area (Å²) in [5.41, 5.74) is 0. The minimum absolute atomic E-state index is 0.0799. The van der Waals surface area contributed by atoms with Gasteiger partial charge in [-0.05, 0) is 6.42 Å². The summed E-state index contributed by atoms with van der Waals surface area (Å²) >= 11 is 0. The Morgan fingerprint density at radius 1 is 1.54 bits per heavy atom. The first kappa shape index (κ1) is 10.3. The Morgan fingerprint density at radius 3 is 2.38 bits per heavy atom. The van der Waals surface area contributed by atoms with Crippen molar-refractivity contribution in [2.75, 3.05) is 7.05 Å². The molecule has 1 aliphatic rings. The smallest absolute Gasteiger partial charge is 0.327 e. The fourth-order valence-corrected chi connectivity index (χ4v) is 1.40. The van der Waals surface area contributed by atoms with Gasteiger partial charge in [0.15, 0.2) is 0 Å². The van der Waals surface area contributed by atoms with Crippen LogP contribution in [-0.4, -0.2) is 36.2 Å². The van der Waals surface area contributed by atoms with Gasteiger partial charge >= 0.3 is 12.3 Å². The van der Waals surface area contributed by atoms with Crippen LogP contribution in [-0.2, 0) is 4.79 Å². The van der Waals surface area contributed by atoms with Gasteiger partial charge in [0, 0.05) is 13.5 Å². The largest absolute Gasteiger partial charge is 0.336 e. The predicted molar refractivity (Wildman–Crippen MR) is 36.7 cm³/mol. The van der Waals surface area contributed by atoms with Crippen LogP contribution in [0.3, 0.4) is 0 Å². The summed E-state index contributed by atoms with van der Waals surface area (Å²) in [6.45, 7) is 0. The third-order valence-corrected chi connectivity index (χ3v) is 2.23. The van der Waals surface area contributed by atoms with E-state index in [2.05, 4.69) is 0 Å². The van der Waals surface area contributed by atoms with Crippen LogP contribution in [0.4, 0.5) is 17.6 Å². The molecule has 1 aliphatic heterocycles. The van der Waals surface area contributed by atoms with Crippen molar-refractivity contribution in [2.24, 2.45) is 0 Å². The summed E-state index contributed by atoms with van der Waals surface area (Å²) in [5, 5.41) is 0. The number of halogens is 4. The van der Waals surface area contributed by atoms with Crippen molar-refractivity contribution in [3.8, 4) is 0 Å². The molecular weight excluding hydrogens is 190 g/mol. The third kappa shape index (κ3) is 1.62. The molecule has 0 bridgehead atoms. The van der Waals surface area contributed by atoms with E-state index in [0.717, 1.165) is 7.05 Å². The monoisotopic (exact) mass is 199 g/mol. The van der Waals surface area contributed by atoms with Crippen molar-refractivity contribution in [1.29, 1.82) is 0 Å². The van der Waals surface area contributed by atoms with E-state index < -0.39 is 24.3 Å². The summed E-state index contributed by atoms with van der Waals surface area (Å²) in [4.78, 5) is 11.5. The Morgan fingerprint density at radius 2 is 2.08 bits per heavy atom. The van der Waals surface area contributed by atoms with Gasteiger partial charge in [-0.25, -0.2) is 8.78 Å². The zero-order valence-electron chi connectivity index (χ0n) is 6.94. The highest BCUT2D eigenvalue weighted by atomic mass is 19.3. The van der Waals surface area contributed by atoms with Gasteiger partial charge in [0.1, 0.15) is 6.04 Å². The molecule has 0 aromatic carbocycles. The van der Waals surface area contributed by atoms with Gasteiger partial charge in [-0.2, -0.15) is 8.78 Å². The predicted octanol–water partition coefficient (Wildman–Crippen LogP) is 1.51. The standard InChI is InChI=1S/C7H9F4NO/c1-12-4(2-3-5(12)13)7(10,11)6(8)9/h4,6H,2-3H2,1H3. The molecule has 1 fully saturated rings. The maximum Gasteiger partial charge on any atom is 0.327 e. The number of hydrogen-bond donors (Lipinski definition) is 0. The van der Waals surface area contributed by atoms with E-state index in [-0.39, 0.29) is 12.8 Å². The molecule has 0 aromatic rings. The van der Waals surface area contributed by atoms with Gasteiger partial charge in [0.2, 0.25) is 5.91 Å². The van der Waals surface area contributed by atoms with Gasteiger partial charge in [-0.3, -0.25) is 4.79 Å². The molecule has 2 nitrogen and oxygen atoms in total. The molecule has 0 spiro atoms. The average molecular weight is 199 g/mol. The average Bonchev–Trinajstić information content (AvgIpc) is 2.33. The van der Waals surface area contributed by atoms with E-state index in [4.69, 9.17) is 0 Å².